The first-order valence-corrected chi connectivity index (χ1v) is 9.86. The third kappa shape index (κ3) is 2.27. The van der Waals surface area contributed by atoms with Crippen LogP contribution in [0.15, 0.2) is 85.3 Å². The Morgan fingerprint density at radius 1 is 0.750 bits per heavy atom. The lowest BCUT2D eigenvalue weighted by Crippen LogP contribution is -1.95. The largest absolute Gasteiger partial charge is 0.308 e. The fourth-order valence-corrected chi connectivity index (χ4v) is 4.64. The predicted octanol–water partition coefficient (Wildman–Crippen LogP) is 5.85. The van der Waals surface area contributed by atoms with Crippen LogP contribution in [0, 0.1) is 0 Å². The summed E-state index contributed by atoms with van der Waals surface area (Å²) in [6, 6.07) is 23.1. The molecule has 6 aromatic rings. The maximum absolute atomic E-state index is 4.72. The minimum Gasteiger partial charge on any atom is -0.308 e. The van der Waals surface area contributed by atoms with Gasteiger partial charge in [0.15, 0.2) is 0 Å². The molecule has 4 aromatic heterocycles. The Kier molecular flexibility index (Phi) is 3.30. The van der Waals surface area contributed by atoms with Gasteiger partial charge in [0.1, 0.15) is 10.5 Å². The lowest BCUT2D eigenvalue weighted by atomic mass is 10.2. The topological polar surface area (TPSA) is 43.6 Å². The number of hydrogen-bond donors (Lipinski definition) is 0. The summed E-state index contributed by atoms with van der Waals surface area (Å²) in [5.74, 6) is 0. The Balaban J connectivity index is 1.52. The molecule has 2 aromatic carbocycles. The first kappa shape index (κ1) is 15.5. The molecule has 5 heteroatoms. The quantitative estimate of drug-likeness (QED) is 0.379. The molecule has 0 bridgehead atoms. The molecule has 0 aliphatic rings. The second-order valence-corrected chi connectivity index (χ2v) is 7.66. The van der Waals surface area contributed by atoms with Crippen LogP contribution < -0.4 is 0 Å². The molecule has 0 aliphatic heterocycles. The van der Waals surface area contributed by atoms with Gasteiger partial charge in [-0.3, -0.25) is 9.97 Å². The van der Waals surface area contributed by atoms with Gasteiger partial charge in [0.25, 0.3) is 0 Å². The van der Waals surface area contributed by atoms with Gasteiger partial charge >= 0.3 is 0 Å². The van der Waals surface area contributed by atoms with Crippen molar-refractivity contribution in [3.63, 3.8) is 0 Å². The Hall–Kier alpha value is -3.57. The number of rotatable bonds is 2. The van der Waals surface area contributed by atoms with Crippen LogP contribution in [0.1, 0.15) is 0 Å². The van der Waals surface area contributed by atoms with Gasteiger partial charge in [0.2, 0.25) is 0 Å². The molecule has 6 rings (SSSR count). The Bertz CT molecular complexity index is 1370. The van der Waals surface area contributed by atoms with E-state index in [2.05, 4.69) is 69.1 Å². The van der Waals surface area contributed by atoms with E-state index in [1.165, 1.54) is 21.8 Å². The zero-order chi connectivity index (χ0) is 18.5. The molecule has 0 unspecified atom stereocenters. The zero-order valence-electron chi connectivity index (χ0n) is 14.8. The summed E-state index contributed by atoms with van der Waals surface area (Å²) in [4.78, 5) is 13.5. The van der Waals surface area contributed by atoms with Crippen LogP contribution in [0.5, 0.6) is 0 Å². The first-order valence-electron chi connectivity index (χ1n) is 9.04. The van der Waals surface area contributed by atoms with E-state index < -0.39 is 0 Å². The third-order valence-electron chi connectivity index (χ3n) is 5.00. The number of hydrogen-bond acceptors (Lipinski definition) is 4. The van der Waals surface area contributed by atoms with Gasteiger partial charge in [0, 0.05) is 17.0 Å². The van der Waals surface area contributed by atoms with Crippen LogP contribution in [-0.4, -0.2) is 19.5 Å². The minimum absolute atomic E-state index is 0.880. The number of fused-ring (bicyclic) bond motifs is 4. The molecule has 0 saturated carbocycles. The molecule has 0 saturated heterocycles. The summed E-state index contributed by atoms with van der Waals surface area (Å²) >= 11 is 1.64. The minimum atomic E-state index is 0.880. The van der Waals surface area contributed by atoms with Gasteiger partial charge in [-0.15, -0.1) is 11.3 Å². The molecule has 0 fully saturated rings. The number of aromatic nitrogens is 4. The van der Waals surface area contributed by atoms with Gasteiger partial charge in [-0.25, -0.2) is 4.98 Å². The number of thiazole rings is 1. The van der Waals surface area contributed by atoms with Crippen molar-refractivity contribution in [2.45, 2.75) is 0 Å². The number of nitrogens with zero attached hydrogens (tertiary/aromatic N) is 4. The molecule has 132 valence electrons. The highest BCUT2D eigenvalue weighted by atomic mass is 32.1. The molecule has 0 atom stereocenters. The van der Waals surface area contributed by atoms with Crippen molar-refractivity contribution >= 4 is 43.4 Å². The fraction of sp³-hybridized carbons (Fsp3) is 0. The van der Waals surface area contributed by atoms with Crippen LogP contribution in [0.25, 0.3) is 48.4 Å². The molecule has 0 spiro atoms. The normalized spacial score (nSPS) is 11.6. The second kappa shape index (κ2) is 5.97. The van der Waals surface area contributed by atoms with Crippen molar-refractivity contribution in [1.29, 1.82) is 0 Å². The average molecular weight is 378 g/mol. The van der Waals surface area contributed by atoms with E-state index in [1.807, 2.05) is 18.3 Å². The molecule has 4 nitrogen and oxygen atoms in total. The molecular formula is C23H14N4S. The lowest BCUT2D eigenvalue weighted by Gasteiger charge is -2.07. The van der Waals surface area contributed by atoms with E-state index in [-0.39, 0.29) is 0 Å². The third-order valence-corrected chi connectivity index (χ3v) is 6.05. The van der Waals surface area contributed by atoms with Crippen LogP contribution in [0.4, 0.5) is 0 Å². The molecule has 0 aliphatic carbocycles. The van der Waals surface area contributed by atoms with E-state index in [4.69, 9.17) is 4.98 Å². The van der Waals surface area contributed by atoms with Gasteiger partial charge in [-0.1, -0.05) is 36.4 Å². The molecule has 0 amide bonds. The maximum atomic E-state index is 4.72. The lowest BCUT2D eigenvalue weighted by molar-refractivity contribution is 1.14. The summed E-state index contributed by atoms with van der Waals surface area (Å²) in [6.45, 7) is 0. The standard InChI is InChI=1S/C23H14N4S/c1-3-7-20-16(5-1)17-6-2-4-8-21(17)27(20)15-9-10-18(25-13-15)23-26-19-14-24-12-11-22(19)28-23/h1-14H. The van der Waals surface area contributed by atoms with Crippen LogP contribution in [-0.2, 0) is 0 Å². The summed E-state index contributed by atoms with van der Waals surface area (Å²) < 4.78 is 3.39. The van der Waals surface area contributed by atoms with E-state index in [0.717, 1.165) is 26.6 Å². The van der Waals surface area contributed by atoms with Crippen molar-refractivity contribution < 1.29 is 0 Å². The average Bonchev–Trinajstić information content (AvgIpc) is 3.33. The predicted molar refractivity (Wildman–Crippen MR) is 115 cm³/mol. The Morgan fingerprint density at radius 3 is 2.18 bits per heavy atom. The van der Waals surface area contributed by atoms with E-state index in [1.54, 1.807) is 23.7 Å². The van der Waals surface area contributed by atoms with Crippen molar-refractivity contribution in [2.75, 3.05) is 0 Å². The SMILES string of the molecule is c1ccc2c(c1)c1ccccc1n2-c1ccc(-c2nc3cnccc3s2)nc1. The summed E-state index contributed by atoms with van der Waals surface area (Å²) in [7, 11) is 0. The molecule has 4 heterocycles. The zero-order valence-corrected chi connectivity index (χ0v) is 15.6. The van der Waals surface area contributed by atoms with Crippen molar-refractivity contribution in [1.82, 2.24) is 19.5 Å². The highest BCUT2D eigenvalue weighted by Gasteiger charge is 2.12. The number of benzene rings is 2. The van der Waals surface area contributed by atoms with E-state index in [0.29, 0.717) is 0 Å². The number of pyridine rings is 2. The van der Waals surface area contributed by atoms with Gasteiger partial charge in [-0.05, 0) is 30.3 Å². The number of para-hydroxylation sites is 2. The first-order chi connectivity index (χ1) is 13.9. The Morgan fingerprint density at radius 2 is 1.50 bits per heavy atom. The van der Waals surface area contributed by atoms with E-state index >= 15 is 0 Å². The smallest absolute Gasteiger partial charge is 0.143 e. The van der Waals surface area contributed by atoms with Crippen LogP contribution in [0.3, 0.4) is 0 Å². The van der Waals surface area contributed by atoms with Crippen LogP contribution >= 0.6 is 11.3 Å². The van der Waals surface area contributed by atoms with E-state index in [9.17, 15) is 0 Å². The summed E-state index contributed by atoms with van der Waals surface area (Å²) in [5, 5.41) is 3.42. The molecular weight excluding hydrogens is 364 g/mol. The molecule has 0 N–H and O–H groups in total. The van der Waals surface area contributed by atoms with Gasteiger partial charge in [0.05, 0.1) is 39.5 Å². The van der Waals surface area contributed by atoms with Crippen LogP contribution in [0.2, 0.25) is 0 Å². The summed E-state index contributed by atoms with van der Waals surface area (Å²) in [5.41, 5.74) is 5.21. The monoisotopic (exact) mass is 378 g/mol. The maximum Gasteiger partial charge on any atom is 0.143 e. The fourth-order valence-electron chi connectivity index (χ4n) is 3.74. The van der Waals surface area contributed by atoms with Crippen molar-refractivity contribution in [3.05, 3.63) is 85.3 Å². The van der Waals surface area contributed by atoms with Crippen molar-refractivity contribution in [3.8, 4) is 16.4 Å². The van der Waals surface area contributed by atoms with Gasteiger partial charge in [-0.2, -0.15) is 0 Å². The Labute approximate surface area is 164 Å². The summed E-state index contributed by atoms with van der Waals surface area (Å²) in [6.07, 6.45) is 5.52. The van der Waals surface area contributed by atoms with Crippen molar-refractivity contribution in [2.24, 2.45) is 0 Å². The molecule has 28 heavy (non-hydrogen) atoms. The second-order valence-electron chi connectivity index (χ2n) is 6.63. The highest BCUT2D eigenvalue weighted by Crippen LogP contribution is 2.33. The highest BCUT2D eigenvalue weighted by molar-refractivity contribution is 7.21. The molecule has 0 radical (unpaired) electrons. The van der Waals surface area contributed by atoms with Gasteiger partial charge < -0.3 is 4.57 Å².